The largest absolute Gasteiger partial charge is 0.339 e. The van der Waals surface area contributed by atoms with Crippen LogP contribution in [0.5, 0.6) is 0 Å². The molecule has 1 aliphatic carbocycles. The molecule has 18 heavy (non-hydrogen) atoms. The van der Waals surface area contributed by atoms with Gasteiger partial charge in [-0.05, 0) is 38.0 Å². The molecular formula is C14H25N3O. The lowest BCUT2D eigenvalue weighted by Crippen LogP contribution is -2.14. The quantitative estimate of drug-likeness (QED) is 0.872. The summed E-state index contributed by atoms with van der Waals surface area (Å²) in [7, 11) is 0. The van der Waals surface area contributed by atoms with Crippen LogP contribution >= 0.6 is 0 Å². The summed E-state index contributed by atoms with van der Waals surface area (Å²) >= 11 is 0. The van der Waals surface area contributed by atoms with Gasteiger partial charge in [0.15, 0.2) is 5.82 Å². The molecule has 1 aliphatic rings. The molecule has 0 aromatic carbocycles. The molecule has 0 bridgehead atoms. The molecule has 1 heterocycles. The molecule has 0 aliphatic heterocycles. The van der Waals surface area contributed by atoms with Crippen molar-refractivity contribution in [1.82, 2.24) is 10.1 Å². The molecule has 0 spiro atoms. The second-order valence-electron chi connectivity index (χ2n) is 5.46. The van der Waals surface area contributed by atoms with Crippen LogP contribution in [0.25, 0.3) is 0 Å². The Morgan fingerprint density at radius 1 is 1.28 bits per heavy atom. The molecule has 0 radical (unpaired) electrons. The molecule has 4 nitrogen and oxygen atoms in total. The van der Waals surface area contributed by atoms with Crippen molar-refractivity contribution in [2.75, 3.05) is 6.54 Å². The fourth-order valence-electron chi connectivity index (χ4n) is 2.85. The zero-order chi connectivity index (χ0) is 13.0. The Labute approximate surface area is 109 Å². The highest BCUT2D eigenvalue weighted by atomic mass is 16.5. The van der Waals surface area contributed by atoms with Crippen molar-refractivity contribution in [3.8, 4) is 0 Å². The summed E-state index contributed by atoms with van der Waals surface area (Å²) in [6, 6.07) is 0. The minimum absolute atomic E-state index is 0.221. The molecular weight excluding hydrogens is 226 g/mol. The first-order chi connectivity index (χ1) is 8.78. The molecule has 1 fully saturated rings. The highest BCUT2D eigenvalue weighted by Crippen LogP contribution is 2.36. The van der Waals surface area contributed by atoms with Gasteiger partial charge in [0.1, 0.15) is 0 Å². The molecule has 1 aromatic rings. The van der Waals surface area contributed by atoms with E-state index in [0.717, 1.165) is 24.1 Å². The summed E-state index contributed by atoms with van der Waals surface area (Å²) in [5.74, 6) is 3.26. The highest BCUT2D eigenvalue weighted by Gasteiger charge is 2.26. The van der Waals surface area contributed by atoms with Crippen LogP contribution in [0.15, 0.2) is 4.52 Å². The highest BCUT2D eigenvalue weighted by molar-refractivity contribution is 5.00. The zero-order valence-electron chi connectivity index (χ0n) is 11.6. The van der Waals surface area contributed by atoms with E-state index in [1.165, 1.54) is 32.1 Å². The Bertz CT molecular complexity index is 352. The molecule has 1 aromatic heterocycles. The van der Waals surface area contributed by atoms with E-state index in [4.69, 9.17) is 10.3 Å². The van der Waals surface area contributed by atoms with E-state index in [-0.39, 0.29) is 5.92 Å². The van der Waals surface area contributed by atoms with Crippen LogP contribution in [0.3, 0.4) is 0 Å². The molecule has 0 saturated heterocycles. The van der Waals surface area contributed by atoms with E-state index >= 15 is 0 Å². The van der Waals surface area contributed by atoms with Crippen molar-refractivity contribution in [2.24, 2.45) is 11.7 Å². The number of aromatic nitrogens is 2. The number of hydrogen-bond donors (Lipinski definition) is 1. The molecule has 2 N–H and O–H groups in total. The Balaban J connectivity index is 1.98. The number of nitrogens with two attached hydrogens (primary N) is 1. The first kappa shape index (κ1) is 13.5. The lowest BCUT2D eigenvalue weighted by atomic mass is 9.80. The molecule has 2 rings (SSSR count). The first-order valence-corrected chi connectivity index (χ1v) is 7.32. The maximum atomic E-state index is 5.71. The SMILES string of the molecule is CCC1CCC(c2noc(C(CC)CN)n2)CC1. The fraction of sp³-hybridized carbons (Fsp3) is 0.857. The van der Waals surface area contributed by atoms with Crippen LogP contribution in [0.1, 0.15) is 75.9 Å². The Morgan fingerprint density at radius 2 is 2.00 bits per heavy atom. The number of rotatable bonds is 5. The Kier molecular flexibility index (Phi) is 4.75. The third kappa shape index (κ3) is 2.91. The zero-order valence-corrected chi connectivity index (χ0v) is 11.6. The summed E-state index contributed by atoms with van der Waals surface area (Å²) in [6.45, 7) is 4.97. The molecule has 1 saturated carbocycles. The third-order valence-corrected chi connectivity index (χ3v) is 4.37. The Morgan fingerprint density at radius 3 is 2.56 bits per heavy atom. The van der Waals surface area contributed by atoms with Gasteiger partial charge in [0, 0.05) is 12.5 Å². The van der Waals surface area contributed by atoms with Gasteiger partial charge >= 0.3 is 0 Å². The molecule has 1 atom stereocenters. The van der Waals surface area contributed by atoms with Gasteiger partial charge in [-0.1, -0.05) is 25.4 Å². The van der Waals surface area contributed by atoms with Crippen LogP contribution in [0.4, 0.5) is 0 Å². The van der Waals surface area contributed by atoms with Crippen molar-refractivity contribution >= 4 is 0 Å². The van der Waals surface area contributed by atoms with Crippen molar-refractivity contribution in [1.29, 1.82) is 0 Å². The van der Waals surface area contributed by atoms with E-state index in [9.17, 15) is 0 Å². The predicted molar refractivity (Wildman–Crippen MR) is 71.4 cm³/mol. The average molecular weight is 251 g/mol. The van der Waals surface area contributed by atoms with E-state index in [1.807, 2.05) is 0 Å². The normalized spacial score (nSPS) is 26.2. The van der Waals surface area contributed by atoms with Crippen LogP contribution in [-0.2, 0) is 0 Å². The van der Waals surface area contributed by atoms with E-state index in [1.54, 1.807) is 0 Å². The number of nitrogens with zero attached hydrogens (tertiary/aromatic N) is 2. The van der Waals surface area contributed by atoms with Gasteiger partial charge in [-0.2, -0.15) is 4.98 Å². The lowest BCUT2D eigenvalue weighted by molar-refractivity contribution is 0.301. The predicted octanol–water partition coefficient (Wildman–Crippen LogP) is 3.21. The van der Waals surface area contributed by atoms with Gasteiger partial charge in [0.2, 0.25) is 5.89 Å². The summed E-state index contributed by atoms with van der Waals surface area (Å²) < 4.78 is 5.37. The van der Waals surface area contributed by atoms with Crippen molar-refractivity contribution in [3.05, 3.63) is 11.7 Å². The fourth-order valence-corrected chi connectivity index (χ4v) is 2.85. The molecule has 1 unspecified atom stereocenters. The van der Waals surface area contributed by atoms with Gasteiger partial charge in [0.05, 0.1) is 5.92 Å². The van der Waals surface area contributed by atoms with Gasteiger partial charge in [-0.25, -0.2) is 0 Å². The van der Waals surface area contributed by atoms with Gasteiger partial charge in [-0.3, -0.25) is 0 Å². The molecule has 102 valence electrons. The van der Waals surface area contributed by atoms with E-state index < -0.39 is 0 Å². The first-order valence-electron chi connectivity index (χ1n) is 7.32. The standard InChI is InChI=1S/C14H25N3O/c1-3-10-5-7-12(8-6-10)13-16-14(18-17-13)11(4-2)9-15/h10-12H,3-9,15H2,1-2H3. The van der Waals surface area contributed by atoms with Crippen LogP contribution in [0, 0.1) is 5.92 Å². The van der Waals surface area contributed by atoms with Crippen LogP contribution < -0.4 is 5.73 Å². The maximum absolute atomic E-state index is 5.71. The summed E-state index contributed by atoms with van der Waals surface area (Å²) in [5.41, 5.74) is 5.71. The second kappa shape index (κ2) is 6.32. The molecule has 4 heteroatoms. The number of hydrogen-bond acceptors (Lipinski definition) is 4. The van der Waals surface area contributed by atoms with Crippen molar-refractivity contribution in [2.45, 2.75) is 64.2 Å². The smallest absolute Gasteiger partial charge is 0.231 e. The van der Waals surface area contributed by atoms with Crippen LogP contribution in [0.2, 0.25) is 0 Å². The van der Waals surface area contributed by atoms with Gasteiger partial charge in [0.25, 0.3) is 0 Å². The topological polar surface area (TPSA) is 64.9 Å². The van der Waals surface area contributed by atoms with E-state index in [0.29, 0.717) is 12.5 Å². The minimum Gasteiger partial charge on any atom is -0.339 e. The lowest BCUT2D eigenvalue weighted by Gasteiger charge is -2.25. The summed E-state index contributed by atoms with van der Waals surface area (Å²) in [6.07, 6.45) is 7.28. The summed E-state index contributed by atoms with van der Waals surface area (Å²) in [4.78, 5) is 4.57. The minimum atomic E-state index is 0.221. The van der Waals surface area contributed by atoms with Gasteiger partial charge in [-0.15, -0.1) is 0 Å². The maximum Gasteiger partial charge on any atom is 0.231 e. The molecule has 0 amide bonds. The third-order valence-electron chi connectivity index (χ3n) is 4.37. The summed E-state index contributed by atoms with van der Waals surface area (Å²) in [5, 5.41) is 4.17. The van der Waals surface area contributed by atoms with E-state index in [2.05, 4.69) is 24.0 Å². The van der Waals surface area contributed by atoms with Crippen LogP contribution in [-0.4, -0.2) is 16.7 Å². The monoisotopic (exact) mass is 251 g/mol. The van der Waals surface area contributed by atoms with Gasteiger partial charge < -0.3 is 10.3 Å². The average Bonchev–Trinajstić information content (AvgIpc) is 2.90. The van der Waals surface area contributed by atoms with Crippen molar-refractivity contribution in [3.63, 3.8) is 0 Å². The second-order valence-corrected chi connectivity index (χ2v) is 5.46. The Hall–Kier alpha value is -0.900. The van der Waals surface area contributed by atoms with Crippen molar-refractivity contribution < 1.29 is 4.52 Å².